The maximum Gasteiger partial charge on any atom is 0.420 e. The van der Waals surface area contributed by atoms with E-state index in [4.69, 9.17) is 19.3 Å². The fourth-order valence-corrected chi connectivity index (χ4v) is 6.97. The van der Waals surface area contributed by atoms with Crippen LogP contribution >= 0.6 is 0 Å². The number of hydrogen-bond acceptors (Lipinski definition) is 13. The molecule has 5 heterocycles. The van der Waals surface area contributed by atoms with Gasteiger partial charge in [0.05, 0.1) is 35.2 Å². The van der Waals surface area contributed by atoms with Crippen molar-refractivity contribution in [3.8, 4) is 17.1 Å². The number of nitrogens with two attached hydrogens (primary N) is 1. The summed E-state index contributed by atoms with van der Waals surface area (Å²) >= 11 is 0. The third-order valence-corrected chi connectivity index (χ3v) is 10.1. The van der Waals surface area contributed by atoms with Gasteiger partial charge in [-0.3, -0.25) is 33.9 Å². The van der Waals surface area contributed by atoms with Gasteiger partial charge in [-0.2, -0.15) is 18.3 Å². The Hall–Kier alpha value is -7.62. The molecule has 5 N–H and O–H groups in total. The molecule has 6 aromatic rings. The molecule has 64 heavy (non-hydrogen) atoms. The van der Waals surface area contributed by atoms with Crippen LogP contribution in [0.1, 0.15) is 63.8 Å². The van der Waals surface area contributed by atoms with Crippen molar-refractivity contribution in [2.24, 2.45) is 5.73 Å². The topological polar surface area (TPSA) is 252 Å². The van der Waals surface area contributed by atoms with Gasteiger partial charge in [0.1, 0.15) is 24.7 Å². The third-order valence-electron chi connectivity index (χ3n) is 10.1. The smallest absolute Gasteiger partial charge is 0.420 e. The number of carbonyl (C=O) groups is 5. The van der Waals surface area contributed by atoms with Crippen LogP contribution < -0.4 is 27.4 Å². The van der Waals surface area contributed by atoms with Crippen LogP contribution in [0.25, 0.3) is 28.2 Å². The predicted molar refractivity (Wildman–Crippen MR) is 221 cm³/mol. The number of oxazole rings is 2. The van der Waals surface area contributed by atoms with Gasteiger partial charge in [-0.1, -0.05) is 12.1 Å². The Morgan fingerprint density at radius 1 is 1.06 bits per heavy atom. The summed E-state index contributed by atoms with van der Waals surface area (Å²) in [5, 5.41) is 11.5. The molecule has 0 spiro atoms. The van der Waals surface area contributed by atoms with Crippen LogP contribution in [0, 0.1) is 0 Å². The van der Waals surface area contributed by atoms with Gasteiger partial charge < -0.3 is 34.8 Å². The monoisotopic (exact) mass is 886 g/mol. The number of carbonyl (C=O) groups excluding carboxylic acids is 5. The Kier molecular flexibility index (Phi) is 13.3. The minimum absolute atomic E-state index is 0.0521. The lowest BCUT2D eigenvalue weighted by molar-refractivity contribution is -0.135. The second kappa shape index (κ2) is 19.2. The summed E-state index contributed by atoms with van der Waals surface area (Å²) in [6, 6.07) is 13.7. The Morgan fingerprint density at radius 2 is 1.84 bits per heavy atom. The number of imide groups is 1. The summed E-state index contributed by atoms with van der Waals surface area (Å²) in [6.45, 7) is -0.0820. The second-order valence-electron chi connectivity index (χ2n) is 14.8. The molecule has 1 atom stereocenters. The Balaban J connectivity index is 0.887. The van der Waals surface area contributed by atoms with Crippen molar-refractivity contribution >= 4 is 52.1 Å². The Bertz CT molecular complexity index is 2760. The summed E-state index contributed by atoms with van der Waals surface area (Å²) in [7, 11) is 1.67. The van der Waals surface area contributed by atoms with E-state index in [0.29, 0.717) is 61.4 Å². The highest BCUT2D eigenvalue weighted by Crippen LogP contribution is 2.27. The second-order valence-corrected chi connectivity index (χ2v) is 14.8. The number of piperidine rings is 1. The zero-order chi connectivity index (χ0) is 45.5. The normalized spacial score (nSPS) is 14.1. The minimum atomic E-state index is -4.46. The lowest BCUT2D eigenvalue weighted by Gasteiger charge is -2.21. The van der Waals surface area contributed by atoms with E-state index in [1.165, 1.54) is 33.8 Å². The number of amides is 5. The largest absolute Gasteiger partial charge is 0.444 e. The summed E-state index contributed by atoms with van der Waals surface area (Å²) in [5.74, 6) is -3.38. The first-order valence-electron chi connectivity index (χ1n) is 19.9. The number of nitrogens with one attached hydrogen (secondary N) is 3. The molecular formula is C42H41F3N10O9. The van der Waals surface area contributed by atoms with Crippen molar-refractivity contribution in [3.63, 3.8) is 0 Å². The van der Waals surface area contributed by atoms with Crippen molar-refractivity contribution in [2.75, 3.05) is 44.0 Å². The molecule has 334 valence electrons. The molecule has 19 nitrogen and oxygen atoms in total. The van der Waals surface area contributed by atoms with E-state index < -0.39 is 42.2 Å². The third kappa shape index (κ3) is 10.7. The molecule has 1 fully saturated rings. The number of alkyl halides is 3. The molecule has 22 heteroatoms. The number of aryl methyl sites for hydroxylation is 1. The average Bonchev–Trinajstić information content (AvgIpc) is 4.00. The van der Waals surface area contributed by atoms with Crippen LogP contribution in [-0.4, -0.2) is 98.3 Å². The molecule has 2 aromatic carbocycles. The van der Waals surface area contributed by atoms with Crippen LogP contribution in [0.2, 0.25) is 0 Å². The molecular weight excluding hydrogens is 846 g/mol. The molecule has 0 radical (unpaired) electrons. The number of para-hydroxylation sites is 1. The van der Waals surface area contributed by atoms with Gasteiger partial charge in [0, 0.05) is 50.6 Å². The molecule has 0 saturated carbocycles. The molecule has 0 bridgehead atoms. The number of nitrogens with zero attached hydrogens (tertiary/aromatic N) is 6. The fraction of sp³-hybridized carbons (Fsp3) is 0.310. The minimum Gasteiger partial charge on any atom is -0.444 e. The highest BCUT2D eigenvalue weighted by Gasteiger charge is 2.32. The maximum atomic E-state index is 13.2. The van der Waals surface area contributed by atoms with Gasteiger partial charge in [0.15, 0.2) is 11.3 Å². The van der Waals surface area contributed by atoms with Gasteiger partial charge >= 0.3 is 11.9 Å². The van der Waals surface area contributed by atoms with E-state index in [0.717, 1.165) is 11.8 Å². The summed E-state index contributed by atoms with van der Waals surface area (Å²) in [6.07, 6.45) is 1.08. The number of benzene rings is 2. The fourth-order valence-electron chi connectivity index (χ4n) is 6.97. The molecule has 4 aromatic heterocycles. The van der Waals surface area contributed by atoms with Gasteiger partial charge in [0.2, 0.25) is 23.6 Å². The van der Waals surface area contributed by atoms with E-state index in [1.54, 1.807) is 48.3 Å². The number of aromatic nitrogens is 5. The Morgan fingerprint density at radius 3 is 2.59 bits per heavy atom. The summed E-state index contributed by atoms with van der Waals surface area (Å²) in [4.78, 5) is 84.6. The molecule has 1 aliphatic heterocycles. The number of hydrogen-bond donors (Lipinski definition) is 4. The van der Waals surface area contributed by atoms with Crippen LogP contribution in [0.4, 0.5) is 24.7 Å². The zero-order valence-electron chi connectivity index (χ0n) is 34.1. The molecule has 0 aliphatic carbocycles. The molecule has 7 rings (SSSR count). The van der Waals surface area contributed by atoms with Crippen LogP contribution in [-0.2, 0) is 32.0 Å². The van der Waals surface area contributed by atoms with Gasteiger partial charge in [-0.05, 0) is 73.7 Å². The molecule has 1 unspecified atom stereocenters. The number of fused-ring (bicyclic) bond motifs is 1. The Labute approximate surface area is 360 Å². The first-order chi connectivity index (χ1) is 30.6. The lowest BCUT2D eigenvalue weighted by atomic mass is 10.0. The van der Waals surface area contributed by atoms with Crippen molar-refractivity contribution in [1.82, 2.24) is 34.5 Å². The summed E-state index contributed by atoms with van der Waals surface area (Å²) < 4.78 is 57.4. The van der Waals surface area contributed by atoms with E-state index in [9.17, 15) is 41.9 Å². The number of rotatable bonds is 18. The van der Waals surface area contributed by atoms with E-state index in [2.05, 4.69) is 31.0 Å². The number of anilines is 2. The van der Waals surface area contributed by atoms with Gasteiger partial charge in [0.25, 0.3) is 11.8 Å². The van der Waals surface area contributed by atoms with Crippen LogP contribution in [0.3, 0.4) is 0 Å². The average molecular weight is 887 g/mol. The molecule has 1 aliphatic rings. The van der Waals surface area contributed by atoms with Crippen molar-refractivity contribution in [2.45, 2.75) is 50.7 Å². The maximum absolute atomic E-state index is 13.2. The number of halogens is 3. The standard InChI is InChI=1S/C42H41F3N10O9/c1-53(16-4-18-62-17-3-6-24-5-2-7-31-36(24)64-41(61)55(31)32-12-13-35(57)51-38(32)59)40(60)25-8-10-27(11-9-25)54-21-29(28(52-54)20-33(46)56)49-37(58)30-22-63-39(50-30)26-14-15-47-34(19-26)48-23-42(43,44)45/h2,5,7-11,14-15,19,21-22,32H,3-4,6,12-13,16-18,20,23H2,1H3,(H2,46,56)(H,47,48)(H,49,58)(H,51,57,59). The first kappa shape index (κ1) is 44.4. The SMILES string of the molecule is CN(CCCOCCCc1cccc2c1oc(=O)n2C1CCC(=O)NC1=O)C(=O)c1ccc(-n2cc(NC(=O)c3coc(-c4ccnc(NCC(F)(F)F)c4)n3)c(CC(N)=O)n2)cc1. The van der Waals surface area contributed by atoms with Gasteiger partial charge in [-0.25, -0.2) is 19.4 Å². The van der Waals surface area contributed by atoms with Crippen molar-refractivity contribution < 1.29 is 50.7 Å². The number of primary amides is 1. The van der Waals surface area contributed by atoms with Crippen LogP contribution in [0.5, 0.6) is 0 Å². The van der Waals surface area contributed by atoms with Crippen LogP contribution in [0.15, 0.2) is 86.9 Å². The quantitative estimate of drug-likeness (QED) is 0.0700. The number of ether oxygens (including phenoxy) is 1. The highest BCUT2D eigenvalue weighted by atomic mass is 19.4. The van der Waals surface area contributed by atoms with Crippen molar-refractivity contribution in [1.29, 1.82) is 0 Å². The highest BCUT2D eigenvalue weighted by molar-refractivity contribution is 6.03. The summed E-state index contributed by atoms with van der Waals surface area (Å²) in [5.41, 5.74) is 8.40. The lowest BCUT2D eigenvalue weighted by Crippen LogP contribution is -2.43. The predicted octanol–water partition coefficient (Wildman–Crippen LogP) is 4.17. The number of pyridine rings is 1. The first-order valence-corrected chi connectivity index (χ1v) is 19.9. The van der Waals surface area contributed by atoms with E-state index in [1.807, 2.05) is 6.07 Å². The molecule has 5 amide bonds. The van der Waals surface area contributed by atoms with E-state index in [-0.39, 0.29) is 65.4 Å². The molecule has 1 saturated heterocycles. The van der Waals surface area contributed by atoms with Gasteiger partial charge in [-0.15, -0.1) is 0 Å². The van der Waals surface area contributed by atoms with Crippen molar-refractivity contribution in [3.05, 3.63) is 106 Å². The van der Waals surface area contributed by atoms with E-state index >= 15 is 0 Å². The zero-order valence-corrected chi connectivity index (χ0v) is 34.1.